The number of nitrogens with one attached hydrogen (secondary N) is 1. The van der Waals surface area contributed by atoms with Gasteiger partial charge < -0.3 is 25.8 Å². The van der Waals surface area contributed by atoms with Gasteiger partial charge in [0.2, 0.25) is 0 Å². The van der Waals surface area contributed by atoms with E-state index in [-0.39, 0.29) is 18.1 Å². The number of nitrogens with zero attached hydrogens (tertiary/aromatic N) is 1. The van der Waals surface area contributed by atoms with Gasteiger partial charge >= 0.3 is 13.5 Å². The number of phosphoric ester groups is 1. The number of hydrogen-bond donors (Lipinski definition) is 5. The molecule has 2 heterocycles. The van der Waals surface area contributed by atoms with Crippen LogP contribution in [-0.2, 0) is 13.8 Å². The van der Waals surface area contributed by atoms with Crippen molar-refractivity contribution in [3.05, 3.63) is 32.6 Å². The van der Waals surface area contributed by atoms with E-state index < -0.39 is 44.1 Å². The fourth-order valence-electron chi connectivity index (χ4n) is 2.12. The lowest BCUT2D eigenvalue weighted by Gasteiger charge is -2.16. The fourth-order valence-corrected chi connectivity index (χ4v) is 2.70. The average molecular weight is 339 g/mol. The molecule has 0 spiro atoms. The molecule has 0 bridgehead atoms. The van der Waals surface area contributed by atoms with E-state index in [9.17, 15) is 14.2 Å². The Balaban J connectivity index is 0.00000242. The molecule has 22 heavy (non-hydrogen) atoms. The highest BCUT2D eigenvalue weighted by Crippen LogP contribution is 2.43. The highest BCUT2D eigenvalue weighted by molar-refractivity contribution is 7.46. The van der Waals surface area contributed by atoms with E-state index in [1.165, 1.54) is 13.1 Å². The van der Waals surface area contributed by atoms with Crippen LogP contribution in [0.3, 0.4) is 0 Å². The zero-order chi connectivity index (χ0) is 15.8. The summed E-state index contributed by atoms with van der Waals surface area (Å²) in [6, 6.07) is 0. The zero-order valence-corrected chi connectivity index (χ0v) is 12.6. The number of H-pyrrole nitrogens is 1. The van der Waals surface area contributed by atoms with E-state index in [4.69, 9.17) is 19.6 Å². The number of ether oxygens (including phenoxy) is 1. The molecule has 12 heteroatoms. The Kier molecular flexibility index (Phi) is 5.82. The number of aryl methyl sites for hydroxylation is 1. The monoisotopic (exact) mass is 339 g/mol. The number of hydrogen-bond acceptors (Lipinski definition) is 7. The summed E-state index contributed by atoms with van der Waals surface area (Å²) < 4.78 is 21.9. The summed E-state index contributed by atoms with van der Waals surface area (Å²) in [6.07, 6.45) is -1.73. The molecule has 0 aromatic carbocycles. The summed E-state index contributed by atoms with van der Waals surface area (Å²) in [5.41, 5.74) is -0.974. The minimum atomic E-state index is -4.75. The van der Waals surface area contributed by atoms with Crippen LogP contribution in [0.25, 0.3) is 0 Å². The largest absolute Gasteiger partial charge is 0.469 e. The van der Waals surface area contributed by atoms with Gasteiger partial charge in [-0.15, -0.1) is 0 Å². The molecule has 0 amide bonds. The van der Waals surface area contributed by atoms with Crippen molar-refractivity contribution in [2.45, 2.75) is 31.8 Å². The van der Waals surface area contributed by atoms with Gasteiger partial charge in [0, 0.05) is 18.2 Å². The van der Waals surface area contributed by atoms with Crippen molar-refractivity contribution in [1.82, 2.24) is 15.7 Å². The number of aromatic amines is 1. The summed E-state index contributed by atoms with van der Waals surface area (Å²) in [6.45, 7) is 0.967. The molecule has 1 saturated heterocycles. The third-order valence-electron chi connectivity index (χ3n) is 3.09. The standard InChI is InChI=1S/C10H15N2O8P.H3N/c1-5-3-12(10(15)11-9(5)14)8-2-6(7(4-13)19-8)20-21(16,17)18;/h3,6-8,13H,2,4H2,1H3,(H,11,14,15)(H2,16,17,18);1H3/t6-,7+,8+;/m0./s1. The Morgan fingerprint density at radius 3 is 2.68 bits per heavy atom. The van der Waals surface area contributed by atoms with Crippen LogP contribution in [0.5, 0.6) is 0 Å². The van der Waals surface area contributed by atoms with Crippen molar-refractivity contribution in [1.29, 1.82) is 0 Å². The highest BCUT2D eigenvalue weighted by atomic mass is 31.2. The predicted octanol–water partition coefficient (Wildman–Crippen LogP) is -1.24. The second kappa shape index (κ2) is 6.84. The molecule has 1 aromatic heterocycles. The van der Waals surface area contributed by atoms with Crippen LogP contribution in [0.1, 0.15) is 18.2 Å². The van der Waals surface area contributed by atoms with E-state index in [1.807, 2.05) is 0 Å². The molecule has 1 aromatic rings. The molecule has 7 N–H and O–H groups in total. The average Bonchev–Trinajstić information content (AvgIpc) is 2.74. The van der Waals surface area contributed by atoms with E-state index >= 15 is 0 Å². The van der Waals surface area contributed by atoms with Gasteiger partial charge in [-0.3, -0.25) is 18.9 Å². The minimum absolute atomic E-state index is 0. The number of aliphatic hydroxyl groups excluding tert-OH is 1. The Bertz CT molecular complexity index is 679. The summed E-state index contributed by atoms with van der Waals surface area (Å²) >= 11 is 0. The van der Waals surface area contributed by atoms with Gasteiger partial charge in [0.25, 0.3) is 5.56 Å². The van der Waals surface area contributed by atoms with Gasteiger partial charge in [-0.25, -0.2) is 9.36 Å². The first-order valence-corrected chi connectivity index (χ1v) is 7.56. The molecule has 1 fully saturated rings. The molecule has 1 aliphatic rings. The number of phosphoric acid groups is 1. The van der Waals surface area contributed by atoms with Crippen molar-refractivity contribution < 1.29 is 28.7 Å². The van der Waals surface area contributed by atoms with Crippen molar-refractivity contribution in [3.63, 3.8) is 0 Å². The van der Waals surface area contributed by atoms with Crippen molar-refractivity contribution >= 4 is 7.82 Å². The molecule has 0 aliphatic carbocycles. The van der Waals surface area contributed by atoms with Crippen molar-refractivity contribution in [2.24, 2.45) is 0 Å². The second-order valence-electron chi connectivity index (χ2n) is 4.66. The Morgan fingerprint density at radius 2 is 2.14 bits per heavy atom. The molecular weight excluding hydrogens is 321 g/mol. The molecule has 1 aliphatic heterocycles. The fraction of sp³-hybridized carbons (Fsp3) is 0.600. The lowest BCUT2D eigenvalue weighted by Crippen LogP contribution is -2.33. The zero-order valence-electron chi connectivity index (χ0n) is 11.7. The summed E-state index contributed by atoms with van der Waals surface area (Å²) in [4.78, 5) is 42.8. The molecule has 3 atom stereocenters. The third-order valence-corrected chi connectivity index (χ3v) is 3.63. The molecular formula is C10H18N3O8P. The van der Waals surface area contributed by atoms with Crippen LogP contribution in [0, 0.1) is 6.92 Å². The second-order valence-corrected chi connectivity index (χ2v) is 5.85. The van der Waals surface area contributed by atoms with E-state index in [0.29, 0.717) is 0 Å². The van der Waals surface area contributed by atoms with Gasteiger partial charge in [-0.1, -0.05) is 0 Å². The lowest BCUT2D eigenvalue weighted by atomic mass is 10.2. The molecule has 11 nitrogen and oxygen atoms in total. The molecule has 126 valence electrons. The normalized spacial score (nSPS) is 25.0. The quantitative estimate of drug-likeness (QED) is 0.418. The van der Waals surface area contributed by atoms with E-state index in [0.717, 1.165) is 4.57 Å². The van der Waals surface area contributed by atoms with Crippen LogP contribution < -0.4 is 17.4 Å². The van der Waals surface area contributed by atoms with Crippen LogP contribution in [-0.4, -0.2) is 43.3 Å². The van der Waals surface area contributed by atoms with Gasteiger partial charge in [0.05, 0.1) is 6.61 Å². The Labute approximate surface area is 124 Å². The minimum Gasteiger partial charge on any atom is -0.394 e. The third kappa shape index (κ3) is 4.11. The first-order valence-electron chi connectivity index (χ1n) is 6.03. The first kappa shape index (κ1) is 18.7. The summed E-state index contributed by atoms with van der Waals surface area (Å²) in [7, 11) is -4.75. The van der Waals surface area contributed by atoms with Gasteiger partial charge in [0.15, 0.2) is 0 Å². The Hall–Kier alpha value is -1.33. The number of aromatic nitrogens is 2. The smallest absolute Gasteiger partial charge is 0.394 e. The van der Waals surface area contributed by atoms with Crippen molar-refractivity contribution in [3.8, 4) is 0 Å². The predicted molar refractivity (Wildman–Crippen MR) is 73.6 cm³/mol. The van der Waals surface area contributed by atoms with Crippen LogP contribution in [0.15, 0.2) is 15.8 Å². The summed E-state index contributed by atoms with van der Waals surface area (Å²) in [5.74, 6) is 0. The SMILES string of the molecule is Cc1cn([C@H]2C[C@H](OP(=O)(O)O)[C@@H](CO)O2)c(=O)[nH]c1=O.N. The maximum Gasteiger partial charge on any atom is 0.469 e. The van der Waals surface area contributed by atoms with E-state index in [2.05, 4.69) is 9.51 Å². The van der Waals surface area contributed by atoms with Gasteiger partial charge in [-0.2, -0.15) is 0 Å². The van der Waals surface area contributed by atoms with Crippen LogP contribution >= 0.6 is 7.82 Å². The van der Waals surface area contributed by atoms with E-state index in [1.54, 1.807) is 0 Å². The lowest BCUT2D eigenvalue weighted by molar-refractivity contribution is -0.0453. The van der Waals surface area contributed by atoms with Gasteiger partial charge in [0.1, 0.15) is 18.4 Å². The maximum absolute atomic E-state index is 11.7. The topological polar surface area (TPSA) is 186 Å². The Morgan fingerprint density at radius 1 is 1.50 bits per heavy atom. The molecule has 0 saturated carbocycles. The number of rotatable bonds is 4. The van der Waals surface area contributed by atoms with Gasteiger partial charge in [-0.05, 0) is 6.92 Å². The van der Waals surface area contributed by atoms with Crippen LogP contribution in [0.2, 0.25) is 0 Å². The first-order chi connectivity index (χ1) is 9.71. The molecule has 2 rings (SSSR count). The van der Waals surface area contributed by atoms with Crippen molar-refractivity contribution in [2.75, 3.05) is 6.61 Å². The molecule has 0 unspecified atom stereocenters. The summed E-state index contributed by atoms with van der Waals surface area (Å²) in [5, 5.41) is 9.16. The number of aliphatic hydroxyl groups is 1. The van der Waals surface area contributed by atoms with Crippen LogP contribution in [0.4, 0.5) is 0 Å². The molecule has 0 radical (unpaired) electrons. The highest BCUT2D eigenvalue weighted by Gasteiger charge is 2.40. The maximum atomic E-state index is 11.7.